The number of carboxylic acid groups (broad SMARTS) is 1. The van der Waals surface area contributed by atoms with Crippen LogP contribution in [-0.2, 0) is 9.22 Å². The van der Waals surface area contributed by atoms with Crippen LogP contribution in [0.4, 0.5) is 4.39 Å². The highest BCUT2D eigenvalue weighted by molar-refractivity contribution is 7.99. The van der Waals surface area contributed by atoms with Crippen LogP contribution in [0.25, 0.3) is 0 Å². The van der Waals surface area contributed by atoms with Crippen molar-refractivity contribution in [1.29, 1.82) is 0 Å². The van der Waals surface area contributed by atoms with E-state index in [0.717, 1.165) is 5.56 Å². The predicted octanol–water partition coefficient (Wildman–Crippen LogP) is 4.71. The first-order valence-corrected chi connectivity index (χ1v) is 11.3. The highest BCUT2D eigenvalue weighted by Gasteiger charge is 2.39. The lowest BCUT2D eigenvalue weighted by atomic mass is 10.1. The average Bonchev–Trinajstić information content (AvgIpc) is 2.36. The zero-order valence-corrected chi connectivity index (χ0v) is 15.7. The highest BCUT2D eigenvalue weighted by atomic mass is 32.2. The monoisotopic (exact) mass is 344 g/mol. The summed E-state index contributed by atoms with van der Waals surface area (Å²) in [6, 6.07) is 6.27. The fourth-order valence-electron chi connectivity index (χ4n) is 1.66. The number of carboxylic acids is 1. The third kappa shape index (κ3) is 5.74. The van der Waals surface area contributed by atoms with Gasteiger partial charge in [-0.15, -0.1) is 11.8 Å². The molecule has 0 aromatic heterocycles. The van der Waals surface area contributed by atoms with Gasteiger partial charge in [0.15, 0.2) is 8.32 Å². The minimum Gasteiger partial charge on any atom is -0.481 e. The standard InChI is InChI=1S/C16H25FO3SSi/c1-16(2,3)22(4,5)20-14(10-21-11-15(18)19)12-6-8-13(17)9-7-12/h6-9,14H,10-11H2,1-5H3,(H,18,19). The zero-order valence-electron chi connectivity index (χ0n) is 13.9. The van der Waals surface area contributed by atoms with Crippen LogP contribution in [-0.4, -0.2) is 30.9 Å². The predicted molar refractivity (Wildman–Crippen MR) is 92.4 cm³/mol. The Labute approximate surface area is 137 Å². The second kappa shape index (κ2) is 7.61. The Morgan fingerprint density at radius 1 is 1.32 bits per heavy atom. The second-order valence-electron chi connectivity index (χ2n) is 6.83. The van der Waals surface area contributed by atoms with Gasteiger partial charge < -0.3 is 9.53 Å². The lowest BCUT2D eigenvalue weighted by Gasteiger charge is -2.39. The number of rotatable bonds is 7. The molecule has 0 saturated carbocycles. The van der Waals surface area contributed by atoms with E-state index in [4.69, 9.17) is 9.53 Å². The molecule has 0 aliphatic rings. The van der Waals surface area contributed by atoms with Crippen molar-refractivity contribution in [2.45, 2.75) is 45.0 Å². The van der Waals surface area contributed by atoms with Gasteiger partial charge >= 0.3 is 5.97 Å². The van der Waals surface area contributed by atoms with Crippen LogP contribution in [0.1, 0.15) is 32.4 Å². The molecule has 0 aliphatic carbocycles. The molecule has 0 fully saturated rings. The Balaban J connectivity index is 2.91. The van der Waals surface area contributed by atoms with Crippen LogP contribution in [0.3, 0.4) is 0 Å². The molecule has 1 aromatic carbocycles. The fraction of sp³-hybridized carbons (Fsp3) is 0.562. The van der Waals surface area contributed by atoms with Crippen molar-refractivity contribution in [3.8, 4) is 0 Å². The molecule has 0 aliphatic heterocycles. The van der Waals surface area contributed by atoms with Gasteiger partial charge in [0.1, 0.15) is 5.82 Å². The molecule has 1 unspecified atom stereocenters. The Bertz CT molecular complexity index is 497. The van der Waals surface area contributed by atoms with Crippen LogP contribution in [0, 0.1) is 5.82 Å². The van der Waals surface area contributed by atoms with Crippen molar-refractivity contribution >= 4 is 26.0 Å². The maximum atomic E-state index is 13.1. The van der Waals surface area contributed by atoms with Gasteiger partial charge in [0.25, 0.3) is 0 Å². The van der Waals surface area contributed by atoms with Crippen molar-refractivity contribution in [1.82, 2.24) is 0 Å². The number of thioether (sulfide) groups is 1. The second-order valence-corrected chi connectivity index (χ2v) is 12.6. The minimum atomic E-state index is -2.00. The summed E-state index contributed by atoms with van der Waals surface area (Å²) in [5.74, 6) is -0.536. The van der Waals surface area contributed by atoms with E-state index < -0.39 is 14.3 Å². The third-order valence-electron chi connectivity index (χ3n) is 3.98. The summed E-state index contributed by atoms with van der Waals surface area (Å²) < 4.78 is 19.5. The van der Waals surface area contributed by atoms with Gasteiger partial charge in [0.05, 0.1) is 11.9 Å². The lowest BCUT2D eigenvalue weighted by Crippen LogP contribution is -2.42. The quantitative estimate of drug-likeness (QED) is 0.728. The molecule has 1 aromatic rings. The number of benzene rings is 1. The Kier molecular flexibility index (Phi) is 6.64. The summed E-state index contributed by atoms with van der Waals surface area (Å²) in [5.41, 5.74) is 0.893. The molecule has 124 valence electrons. The van der Waals surface area contributed by atoms with Crippen LogP contribution in [0.5, 0.6) is 0 Å². The number of carbonyl (C=O) groups is 1. The third-order valence-corrected chi connectivity index (χ3v) is 9.46. The van der Waals surface area contributed by atoms with Crippen molar-refractivity contribution in [3.63, 3.8) is 0 Å². The largest absolute Gasteiger partial charge is 0.481 e. The maximum Gasteiger partial charge on any atom is 0.313 e. The first-order valence-electron chi connectivity index (χ1n) is 7.26. The summed E-state index contributed by atoms with van der Waals surface area (Å²) in [4.78, 5) is 10.7. The van der Waals surface area contributed by atoms with E-state index in [9.17, 15) is 9.18 Å². The number of hydrogen-bond acceptors (Lipinski definition) is 3. The highest BCUT2D eigenvalue weighted by Crippen LogP contribution is 2.40. The normalized spacial score (nSPS) is 13.9. The average molecular weight is 345 g/mol. The minimum absolute atomic E-state index is 0.0402. The molecule has 3 nitrogen and oxygen atoms in total. The number of aliphatic carboxylic acids is 1. The van der Waals surface area contributed by atoms with E-state index >= 15 is 0 Å². The first kappa shape index (κ1) is 19.2. The van der Waals surface area contributed by atoms with Crippen LogP contribution < -0.4 is 0 Å². The van der Waals surface area contributed by atoms with E-state index in [1.54, 1.807) is 12.1 Å². The van der Waals surface area contributed by atoms with Crippen molar-refractivity contribution in [2.24, 2.45) is 0 Å². The summed E-state index contributed by atoms with van der Waals surface area (Å²) in [7, 11) is -2.00. The molecule has 6 heteroatoms. The van der Waals surface area contributed by atoms with Gasteiger partial charge in [-0.3, -0.25) is 4.79 Å². The van der Waals surface area contributed by atoms with E-state index in [2.05, 4.69) is 33.9 Å². The fourth-order valence-corrected chi connectivity index (χ4v) is 3.83. The van der Waals surface area contributed by atoms with E-state index in [0.29, 0.717) is 5.75 Å². The summed E-state index contributed by atoms with van der Waals surface area (Å²) in [6.07, 6.45) is -0.217. The lowest BCUT2D eigenvalue weighted by molar-refractivity contribution is -0.133. The summed E-state index contributed by atoms with van der Waals surface area (Å²) >= 11 is 1.32. The Hall–Kier alpha value is -0.853. The molecule has 0 spiro atoms. The number of halogens is 1. The van der Waals surface area contributed by atoms with Crippen LogP contribution in [0.15, 0.2) is 24.3 Å². The SMILES string of the molecule is CC(C)(C)[Si](C)(C)OC(CSCC(=O)O)c1ccc(F)cc1. The molecule has 1 rings (SSSR count). The molecular weight excluding hydrogens is 319 g/mol. The van der Waals surface area contributed by atoms with Gasteiger partial charge in [-0.05, 0) is 35.8 Å². The molecule has 1 atom stereocenters. The van der Waals surface area contributed by atoms with E-state index in [1.807, 2.05) is 0 Å². The van der Waals surface area contributed by atoms with E-state index in [-0.39, 0.29) is 22.7 Å². The van der Waals surface area contributed by atoms with Gasteiger partial charge in [0.2, 0.25) is 0 Å². The van der Waals surface area contributed by atoms with E-state index in [1.165, 1.54) is 23.9 Å². The molecule has 0 bridgehead atoms. The summed E-state index contributed by atoms with van der Waals surface area (Å²) in [6.45, 7) is 10.8. The van der Waals surface area contributed by atoms with Gasteiger partial charge in [-0.2, -0.15) is 0 Å². The van der Waals surface area contributed by atoms with Crippen molar-refractivity contribution in [3.05, 3.63) is 35.6 Å². The number of hydrogen-bond donors (Lipinski definition) is 1. The first-order chi connectivity index (χ1) is 10.0. The Morgan fingerprint density at radius 3 is 2.32 bits per heavy atom. The molecule has 1 N–H and O–H groups in total. The zero-order chi connectivity index (χ0) is 17.0. The molecule has 0 amide bonds. The van der Waals surface area contributed by atoms with Gasteiger partial charge in [-0.25, -0.2) is 4.39 Å². The molecule has 0 radical (unpaired) electrons. The van der Waals surface area contributed by atoms with Crippen LogP contribution in [0.2, 0.25) is 18.1 Å². The van der Waals surface area contributed by atoms with Crippen molar-refractivity contribution in [2.75, 3.05) is 11.5 Å². The topological polar surface area (TPSA) is 46.5 Å². The molecule has 0 heterocycles. The molecular formula is C16H25FO3SSi. The Morgan fingerprint density at radius 2 is 1.86 bits per heavy atom. The van der Waals surface area contributed by atoms with Gasteiger partial charge in [-0.1, -0.05) is 32.9 Å². The smallest absolute Gasteiger partial charge is 0.313 e. The molecule has 22 heavy (non-hydrogen) atoms. The van der Waals surface area contributed by atoms with Crippen LogP contribution >= 0.6 is 11.8 Å². The van der Waals surface area contributed by atoms with Crippen molar-refractivity contribution < 1.29 is 18.7 Å². The summed E-state index contributed by atoms with van der Waals surface area (Å²) in [5, 5.41) is 8.85. The maximum absolute atomic E-state index is 13.1. The molecule has 0 saturated heterocycles. The van der Waals surface area contributed by atoms with Gasteiger partial charge in [0, 0.05) is 5.75 Å².